The summed E-state index contributed by atoms with van der Waals surface area (Å²) in [7, 11) is -3.40. The molecule has 10 heteroatoms. The normalized spacial score (nSPS) is 10.4. The van der Waals surface area contributed by atoms with Crippen LogP contribution in [0, 0.1) is 6.92 Å². The van der Waals surface area contributed by atoms with Crippen molar-refractivity contribution in [2.24, 2.45) is 5.73 Å². The number of benzene rings is 2. The number of carbonyl (C=O) groups excluding carboxylic acids is 1. The molecule has 0 aromatic heterocycles. The molecule has 0 saturated carbocycles. The Hall–Kier alpha value is -2.78. The molecule has 0 bridgehead atoms. The number of amides is 2. The fourth-order valence-electron chi connectivity index (χ4n) is 1.92. The number of carboxylic acid groups (broad SMARTS) is 1. The molecule has 0 saturated heterocycles. The number of halogens is 1. The molecule has 0 fully saturated rings. The number of sulfone groups is 1. The van der Waals surface area contributed by atoms with Gasteiger partial charge in [0.2, 0.25) is 0 Å². The Morgan fingerprint density at radius 2 is 1.75 bits per heavy atom. The van der Waals surface area contributed by atoms with E-state index in [2.05, 4.69) is 4.74 Å². The first-order valence-corrected chi connectivity index (χ1v) is 10.1. The first-order chi connectivity index (χ1) is 13.1. The molecule has 0 unspecified atom stereocenters. The van der Waals surface area contributed by atoms with E-state index in [9.17, 15) is 18.0 Å². The topological polar surface area (TPSA) is 136 Å². The number of hydrogen-bond acceptors (Lipinski definition) is 5. The second-order valence-electron chi connectivity index (χ2n) is 5.56. The monoisotopic (exact) mass is 428 g/mol. The summed E-state index contributed by atoms with van der Waals surface area (Å²) in [5, 5.41) is 10.9. The van der Waals surface area contributed by atoms with E-state index in [1.807, 2.05) is 18.3 Å². The van der Waals surface area contributed by atoms with Crippen LogP contribution in [0.1, 0.15) is 11.1 Å². The van der Waals surface area contributed by atoms with Crippen LogP contribution in [0.4, 0.5) is 9.59 Å². The third-order valence-corrected chi connectivity index (χ3v) is 5.46. The van der Waals surface area contributed by atoms with Gasteiger partial charge >= 0.3 is 12.2 Å². The molecule has 0 atom stereocenters. The van der Waals surface area contributed by atoms with Crippen LogP contribution in [-0.4, -0.2) is 38.0 Å². The van der Waals surface area contributed by atoms with Crippen LogP contribution in [0.2, 0.25) is 5.02 Å². The Bertz CT molecular complexity index is 901. The SMILES string of the molecule is Cc1ccc(S(=O)(=O)CCNC(=O)O)cc1.NC(=O)OCc1ccccc1Cl. The zero-order chi connectivity index (χ0) is 21.2. The van der Waals surface area contributed by atoms with E-state index >= 15 is 0 Å². The van der Waals surface area contributed by atoms with Gasteiger partial charge in [0.15, 0.2) is 9.84 Å². The van der Waals surface area contributed by atoms with Crippen molar-refractivity contribution in [1.29, 1.82) is 0 Å². The molecule has 8 nitrogen and oxygen atoms in total. The molecular weight excluding hydrogens is 408 g/mol. The number of nitrogens with one attached hydrogen (secondary N) is 1. The lowest BCUT2D eigenvalue weighted by atomic mass is 10.2. The van der Waals surface area contributed by atoms with Crippen molar-refractivity contribution in [2.45, 2.75) is 18.4 Å². The third-order valence-electron chi connectivity index (χ3n) is 3.35. The average molecular weight is 429 g/mol. The second-order valence-corrected chi connectivity index (χ2v) is 8.08. The summed E-state index contributed by atoms with van der Waals surface area (Å²) in [6.07, 6.45) is -2.02. The molecule has 28 heavy (non-hydrogen) atoms. The predicted octanol–water partition coefficient (Wildman–Crippen LogP) is 2.97. The van der Waals surface area contributed by atoms with Gasteiger partial charge in [0, 0.05) is 17.1 Å². The van der Waals surface area contributed by atoms with Gasteiger partial charge in [-0.1, -0.05) is 47.5 Å². The van der Waals surface area contributed by atoms with Crippen molar-refractivity contribution in [3.8, 4) is 0 Å². The zero-order valence-corrected chi connectivity index (χ0v) is 16.7. The molecule has 0 aliphatic carbocycles. The van der Waals surface area contributed by atoms with Gasteiger partial charge in [-0.25, -0.2) is 18.0 Å². The molecule has 2 aromatic rings. The summed E-state index contributed by atoms with van der Waals surface area (Å²) in [4.78, 5) is 20.6. The van der Waals surface area contributed by atoms with Crippen LogP contribution >= 0.6 is 11.6 Å². The number of aryl methyl sites for hydroxylation is 1. The van der Waals surface area contributed by atoms with Crippen LogP contribution in [0.5, 0.6) is 0 Å². The number of hydrogen-bond donors (Lipinski definition) is 3. The van der Waals surface area contributed by atoms with Gasteiger partial charge in [0.1, 0.15) is 6.61 Å². The average Bonchev–Trinajstić information content (AvgIpc) is 2.61. The third kappa shape index (κ3) is 8.74. The lowest BCUT2D eigenvalue weighted by Gasteiger charge is -2.04. The molecule has 152 valence electrons. The molecule has 0 aliphatic rings. The van der Waals surface area contributed by atoms with Crippen LogP contribution in [-0.2, 0) is 21.2 Å². The molecule has 2 aromatic carbocycles. The minimum atomic E-state index is -3.40. The largest absolute Gasteiger partial charge is 0.465 e. The summed E-state index contributed by atoms with van der Waals surface area (Å²) >= 11 is 5.78. The van der Waals surface area contributed by atoms with Crippen LogP contribution in [0.3, 0.4) is 0 Å². The summed E-state index contributed by atoms with van der Waals surface area (Å²) in [6, 6.07) is 13.6. The number of ether oxygens (including phenoxy) is 1. The van der Waals surface area contributed by atoms with Gasteiger partial charge in [-0.05, 0) is 25.1 Å². The minimum absolute atomic E-state index is 0.106. The van der Waals surface area contributed by atoms with E-state index in [0.29, 0.717) is 5.02 Å². The highest BCUT2D eigenvalue weighted by Gasteiger charge is 2.13. The Morgan fingerprint density at radius 1 is 1.14 bits per heavy atom. The Balaban J connectivity index is 0.000000292. The molecule has 4 N–H and O–H groups in total. The van der Waals surface area contributed by atoms with Gasteiger partial charge in [-0.3, -0.25) is 0 Å². The van der Waals surface area contributed by atoms with E-state index in [-0.39, 0.29) is 23.8 Å². The van der Waals surface area contributed by atoms with Gasteiger partial charge in [0.05, 0.1) is 10.6 Å². The summed E-state index contributed by atoms with van der Waals surface area (Å²) in [6.45, 7) is 1.88. The van der Waals surface area contributed by atoms with E-state index in [1.54, 1.807) is 30.3 Å². The summed E-state index contributed by atoms with van der Waals surface area (Å²) in [5.41, 5.74) is 6.51. The van der Waals surface area contributed by atoms with Crippen molar-refractivity contribution in [1.82, 2.24) is 5.32 Å². The smallest absolute Gasteiger partial charge is 0.404 e. The highest BCUT2D eigenvalue weighted by atomic mass is 35.5. The number of nitrogens with two attached hydrogens (primary N) is 1. The summed E-state index contributed by atoms with van der Waals surface area (Å²) in [5.74, 6) is -0.234. The highest BCUT2D eigenvalue weighted by molar-refractivity contribution is 7.91. The fourth-order valence-corrected chi connectivity index (χ4v) is 3.27. The van der Waals surface area contributed by atoms with Crippen LogP contribution < -0.4 is 11.1 Å². The van der Waals surface area contributed by atoms with Crippen molar-refractivity contribution in [3.63, 3.8) is 0 Å². The Labute approximate surface area is 168 Å². The van der Waals surface area contributed by atoms with Crippen molar-refractivity contribution in [2.75, 3.05) is 12.3 Å². The molecule has 0 heterocycles. The zero-order valence-electron chi connectivity index (χ0n) is 15.1. The van der Waals surface area contributed by atoms with Crippen molar-refractivity contribution in [3.05, 3.63) is 64.7 Å². The van der Waals surface area contributed by atoms with Crippen molar-refractivity contribution >= 4 is 33.6 Å². The fraction of sp³-hybridized carbons (Fsp3) is 0.222. The van der Waals surface area contributed by atoms with E-state index in [1.165, 1.54) is 12.1 Å². The van der Waals surface area contributed by atoms with E-state index in [4.69, 9.17) is 22.4 Å². The molecule has 0 spiro atoms. The lowest BCUT2D eigenvalue weighted by molar-refractivity contribution is 0.150. The molecule has 0 aliphatic heterocycles. The summed E-state index contributed by atoms with van der Waals surface area (Å²) < 4.78 is 27.9. The number of rotatable bonds is 6. The van der Waals surface area contributed by atoms with Gasteiger partial charge in [-0.2, -0.15) is 0 Å². The molecule has 2 rings (SSSR count). The second kappa shape index (κ2) is 11.2. The standard InChI is InChI=1S/C10H13NO4S.C8H8ClNO2/c1-8-2-4-9(5-3-8)16(14,15)7-6-11-10(12)13;9-7-4-2-1-3-6(7)5-12-8(10)11/h2-5,11H,6-7H2,1H3,(H,12,13);1-4H,5H2,(H2,10,11). The van der Waals surface area contributed by atoms with E-state index in [0.717, 1.165) is 11.1 Å². The van der Waals surface area contributed by atoms with Gasteiger partial charge < -0.3 is 20.9 Å². The first kappa shape index (κ1) is 23.3. The predicted molar refractivity (Wildman–Crippen MR) is 105 cm³/mol. The number of primary amides is 1. The van der Waals surface area contributed by atoms with Crippen LogP contribution in [0.25, 0.3) is 0 Å². The van der Waals surface area contributed by atoms with E-state index < -0.39 is 22.0 Å². The van der Waals surface area contributed by atoms with Gasteiger partial charge in [0.25, 0.3) is 0 Å². The highest BCUT2D eigenvalue weighted by Crippen LogP contribution is 2.15. The number of carbonyl (C=O) groups is 2. The first-order valence-electron chi connectivity index (χ1n) is 8.03. The maximum Gasteiger partial charge on any atom is 0.404 e. The van der Waals surface area contributed by atoms with Crippen LogP contribution in [0.15, 0.2) is 53.4 Å². The molecular formula is C18H21ClN2O6S. The Kier molecular flexibility index (Phi) is 9.26. The quantitative estimate of drug-likeness (QED) is 0.647. The minimum Gasteiger partial charge on any atom is -0.465 e. The molecule has 2 amide bonds. The Morgan fingerprint density at radius 3 is 2.29 bits per heavy atom. The molecule has 0 radical (unpaired) electrons. The van der Waals surface area contributed by atoms with Gasteiger partial charge in [-0.15, -0.1) is 0 Å². The maximum atomic E-state index is 11.7. The van der Waals surface area contributed by atoms with Crippen molar-refractivity contribution < 1.29 is 27.9 Å². The lowest BCUT2D eigenvalue weighted by Crippen LogP contribution is -2.27. The maximum absolute atomic E-state index is 11.7.